The van der Waals surface area contributed by atoms with Crippen molar-refractivity contribution in [2.45, 2.75) is 6.92 Å². The highest BCUT2D eigenvalue weighted by Crippen LogP contribution is 2.29. The molecule has 0 saturated heterocycles. The molecule has 0 fully saturated rings. The van der Waals surface area contributed by atoms with E-state index >= 15 is 0 Å². The molecule has 2 aromatic heterocycles. The number of aromatic nitrogens is 2. The molecule has 3 rings (SSSR count). The molecule has 0 spiro atoms. The highest BCUT2D eigenvalue weighted by molar-refractivity contribution is 7.14. The van der Waals surface area contributed by atoms with E-state index < -0.39 is 0 Å². The van der Waals surface area contributed by atoms with E-state index in [4.69, 9.17) is 4.74 Å². The van der Waals surface area contributed by atoms with Crippen molar-refractivity contribution >= 4 is 45.7 Å². The number of benzene rings is 1. The minimum Gasteiger partial charge on any atom is -0.481 e. The van der Waals surface area contributed by atoms with Gasteiger partial charge < -0.3 is 10.1 Å². The fraction of sp³-hybridized carbons (Fsp3) is 0.100. The lowest BCUT2D eigenvalue weighted by molar-refractivity contribution is -0.116. The first kappa shape index (κ1) is 19.2. The Morgan fingerprint density at radius 2 is 1.96 bits per heavy atom. The van der Waals surface area contributed by atoms with E-state index in [1.54, 1.807) is 23.6 Å². The van der Waals surface area contributed by atoms with Crippen LogP contribution in [0.25, 0.3) is 6.08 Å². The van der Waals surface area contributed by atoms with Gasteiger partial charge >= 0.3 is 0 Å². The zero-order valence-corrected chi connectivity index (χ0v) is 16.1. The highest BCUT2D eigenvalue weighted by Gasteiger charge is 2.17. The van der Waals surface area contributed by atoms with E-state index in [0.29, 0.717) is 22.4 Å². The molecule has 0 aliphatic carbocycles. The lowest BCUT2D eigenvalue weighted by Crippen LogP contribution is -2.22. The quantitative estimate of drug-likeness (QED) is 0.642. The maximum absolute atomic E-state index is 12.1. The Morgan fingerprint density at radius 3 is 2.61 bits per heavy atom. The van der Waals surface area contributed by atoms with Crippen molar-refractivity contribution in [1.82, 2.24) is 9.97 Å². The summed E-state index contributed by atoms with van der Waals surface area (Å²) < 4.78 is 4.98. The number of ether oxygens (including phenoxy) is 1. The molecule has 3 aromatic rings. The second-order valence-corrected chi connectivity index (χ2v) is 6.49. The van der Waals surface area contributed by atoms with Gasteiger partial charge in [-0.1, -0.05) is 18.2 Å². The van der Waals surface area contributed by atoms with E-state index in [1.165, 1.54) is 42.5 Å². The van der Waals surface area contributed by atoms with Crippen LogP contribution in [0.3, 0.4) is 0 Å². The SMILES string of the molecule is COc1ccc(NC(=O)C=Cc2csc(N(C(C)=O)c3ccccc3)n2)cn1. The van der Waals surface area contributed by atoms with Gasteiger partial charge in [-0.05, 0) is 24.3 Å². The Morgan fingerprint density at radius 1 is 1.18 bits per heavy atom. The molecular formula is C20H18N4O3S. The summed E-state index contributed by atoms with van der Waals surface area (Å²) in [6.07, 6.45) is 4.48. The number of para-hydroxylation sites is 1. The van der Waals surface area contributed by atoms with E-state index in [1.807, 2.05) is 30.3 Å². The maximum Gasteiger partial charge on any atom is 0.248 e. The van der Waals surface area contributed by atoms with Crippen molar-refractivity contribution in [2.24, 2.45) is 0 Å². The number of pyridine rings is 1. The van der Waals surface area contributed by atoms with Gasteiger partial charge in [-0.3, -0.25) is 14.5 Å². The average Bonchev–Trinajstić information content (AvgIpc) is 3.16. The molecular weight excluding hydrogens is 376 g/mol. The Balaban J connectivity index is 1.69. The van der Waals surface area contributed by atoms with Crippen LogP contribution in [-0.4, -0.2) is 28.9 Å². The van der Waals surface area contributed by atoms with E-state index in [9.17, 15) is 9.59 Å². The van der Waals surface area contributed by atoms with Crippen molar-refractivity contribution < 1.29 is 14.3 Å². The number of carbonyl (C=O) groups is 2. The number of methoxy groups -OCH3 is 1. The molecule has 142 valence electrons. The third kappa shape index (κ3) is 4.80. The van der Waals surface area contributed by atoms with Gasteiger partial charge in [0.05, 0.1) is 30.4 Å². The van der Waals surface area contributed by atoms with Gasteiger partial charge in [0.15, 0.2) is 5.13 Å². The van der Waals surface area contributed by atoms with Gasteiger partial charge in [0.1, 0.15) is 0 Å². The molecule has 0 aliphatic rings. The van der Waals surface area contributed by atoms with Crippen LogP contribution in [0.4, 0.5) is 16.5 Å². The molecule has 7 nitrogen and oxygen atoms in total. The van der Waals surface area contributed by atoms with Crippen molar-refractivity contribution in [3.8, 4) is 5.88 Å². The second kappa shape index (κ2) is 8.92. The van der Waals surface area contributed by atoms with Crippen LogP contribution in [0.15, 0.2) is 60.1 Å². The van der Waals surface area contributed by atoms with E-state index in [0.717, 1.165) is 5.69 Å². The van der Waals surface area contributed by atoms with Gasteiger partial charge in [0.25, 0.3) is 0 Å². The smallest absolute Gasteiger partial charge is 0.248 e. The lowest BCUT2D eigenvalue weighted by atomic mass is 10.3. The summed E-state index contributed by atoms with van der Waals surface area (Å²) in [5, 5.41) is 5.03. The summed E-state index contributed by atoms with van der Waals surface area (Å²) in [4.78, 5) is 34.1. The van der Waals surface area contributed by atoms with Crippen LogP contribution in [0.5, 0.6) is 5.88 Å². The molecule has 1 N–H and O–H groups in total. The van der Waals surface area contributed by atoms with Gasteiger partial charge in [-0.2, -0.15) is 0 Å². The van der Waals surface area contributed by atoms with Gasteiger partial charge in [0.2, 0.25) is 17.7 Å². The molecule has 0 radical (unpaired) electrons. The first-order chi connectivity index (χ1) is 13.6. The molecule has 0 aliphatic heterocycles. The molecule has 8 heteroatoms. The third-order valence-corrected chi connectivity index (χ3v) is 4.49. The summed E-state index contributed by atoms with van der Waals surface area (Å²) in [5.74, 6) is 0.0193. The number of rotatable bonds is 6. The summed E-state index contributed by atoms with van der Waals surface area (Å²) in [7, 11) is 1.52. The first-order valence-corrected chi connectivity index (χ1v) is 9.25. The van der Waals surface area contributed by atoms with E-state index in [2.05, 4.69) is 15.3 Å². The fourth-order valence-electron chi connectivity index (χ4n) is 2.38. The topological polar surface area (TPSA) is 84.4 Å². The largest absolute Gasteiger partial charge is 0.481 e. The van der Waals surface area contributed by atoms with Crippen molar-refractivity contribution in [1.29, 1.82) is 0 Å². The number of thiazole rings is 1. The predicted octanol–water partition coefficient (Wildman–Crippen LogP) is 3.88. The number of anilines is 3. The van der Waals surface area contributed by atoms with Crippen LogP contribution >= 0.6 is 11.3 Å². The monoisotopic (exact) mass is 394 g/mol. The second-order valence-electron chi connectivity index (χ2n) is 5.66. The average molecular weight is 394 g/mol. The molecule has 2 amide bonds. The molecule has 1 aromatic carbocycles. The summed E-state index contributed by atoms with van der Waals surface area (Å²) in [5.41, 5.74) is 1.89. The van der Waals surface area contributed by atoms with Crippen LogP contribution < -0.4 is 15.0 Å². The number of nitrogens with zero attached hydrogens (tertiary/aromatic N) is 3. The normalized spacial score (nSPS) is 10.6. The van der Waals surface area contributed by atoms with Crippen LogP contribution in [0.1, 0.15) is 12.6 Å². The Bertz CT molecular complexity index is 984. The molecule has 28 heavy (non-hydrogen) atoms. The van der Waals surface area contributed by atoms with Crippen molar-refractivity contribution in [3.63, 3.8) is 0 Å². The number of hydrogen-bond acceptors (Lipinski definition) is 6. The number of hydrogen-bond donors (Lipinski definition) is 1. The minimum atomic E-state index is -0.312. The van der Waals surface area contributed by atoms with Gasteiger partial charge in [-0.15, -0.1) is 11.3 Å². The van der Waals surface area contributed by atoms with Crippen LogP contribution in [0.2, 0.25) is 0 Å². The van der Waals surface area contributed by atoms with Crippen LogP contribution in [0, 0.1) is 0 Å². The summed E-state index contributed by atoms with van der Waals surface area (Å²) in [6.45, 7) is 1.49. The van der Waals surface area contributed by atoms with Crippen LogP contribution in [-0.2, 0) is 9.59 Å². The predicted molar refractivity (Wildman–Crippen MR) is 110 cm³/mol. The zero-order valence-electron chi connectivity index (χ0n) is 15.3. The van der Waals surface area contributed by atoms with Gasteiger partial charge in [0, 0.05) is 24.4 Å². The Kier molecular flexibility index (Phi) is 6.13. The summed E-state index contributed by atoms with van der Waals surface area (Å²) in [6, 6.07) is 12.6. The van der Waals surface area contributed by atoms with E-state index in [-0.39, 0.29) is 11.8 Å². The molecule has 0 saturated carbocycles. The Labute approximate surface area is 166 Å². The number of nitrogens with one attached hydrogen (secondary N) is 1. The zero-order chi connectivity index (χ0) is 19.9. The maximum atomic E-state index is 12.1. The highest BCUT2D eigenvalue weighted by atomic mass is 32.1. The fourth-order valence-corrected chi connectivity index (χ4v) is 3.23. The molecule has 0 atom stereocenters. The standard InChI is InChI=1S/C20H18N4O3S/c1-14(25)24(17-6-4-3-5-7-17)20-23-16(13-28-20)8-10-18(26)22-15-9-11-19(27-2)21-12-15/h3-13H,1-2H3,(H,22,26). The Hall–Kier alpha value is -3.52. The first-order valence-electron chi connectivity index (χ1n) is 8.37. The van der Waals surface area contributed by atoms with Crippen molar-refractivity contribution in [2.75, 3.05) is 17.3 Å². The number of carbonyl (C=O) groups excluding carboxylic acids is 2. The van der Waals surface area contributed by atoms with Crippen molar-refractivity contribution in [3.05, 3.63) is 65.8 Å². The van der Waals surface area contributed by atoms with Gasteiger partial charge in [-0.25, -0.2) is 9.97 Å². The number of amides is 2. The minimum absolute atomic E-state index is 0.138. The summed E-state index contributed by atoms with van der Waals surface area (Å²) >= 11 is 1.33. The lowest BCUT2D eigenvalue weighted by Gasteiger charge is -2.17. The molecule has 0 unspecified atom stereocenters. The third-order valence-electron chi connectivity index (χ3n) is 3.65. The molecule has 0 bridgehead atoms. The molecule has 2 heterocycles.